The van der Waals surface area contributed by atoms with Gasteiger partial charge in [0.15, 0.2) is 0 Å². The Morgan fingerprint density at radius 3 is 2.59 bits per heavy atom. The highest BCUT2D eigenvalue weighted by Crippen LogP contribution is 2.33. The molecular formula is C22H26N2O4S. The molecule has 1 amide bonds. The van der Waals surface area contributed by atoms with Gasteiger partial charge in [-0.05, 0) is 86.6 Å². The molecule has 1 atom stereocenters. The summed E-state index contributed by atoms with van der Waals surface area (Å²) >= 11 is 0. The summed E-state index contributed by atoms with van der Waals surface area (Å²) < 4.78 is 34.1. The third-order valence-electron chi connectivity index (χ3n) is 5.78. The van der Waals surface area contributed by atoms with Crippen LogP contribution < -0.4 is 9.62 Å². The van der Waals surface area contributed by atoms with Crippen LogP contribution in [0.3, 0.4) is 0 Å². The van der Waals surface area contributed by atoms with E-state index in [4.69, 9.17) is 4.74 Å². The van der Waals surface area contributed by atoms with Gasteiger partial charge in [-0.1, -0.05) is 6.07 Å². The summed E-state index contributed by atoms with van der Waals surface area (Å²) in [4.78, 5) is 14.7. The summed E-state index contributed by atoms with van der Waals surface area (Å²) in [6.45, 7) is 6.91. The van der Waals surface area contributed by atoms with Gasteiger partial charge in [0.2, 0.25) is 0 Å². The molecule has 1 unspecified atom stereocenters. The summed E-state index contributed by atoms with van der Waals surface area (Å²) in [5.74, 6) is 0.000311. The molecule has 154 valence electrons. The first kappa shape index (κ1) is 19.9. The van der Waals surface area contributed by atoms with Crippen molar-refractivity contribution in [2.75, 3.05) is 22.8 Å². The van der Waals surface area contributed by atoms with E-state index in [-0.39, 0.29) is 16.9 Å². The van der Waals surface area contributed by atoms with Crippen molar-refractivity contribution >= 4 is 27.3 Å². The van der Waals surface area contributed by atoms with E-state index in [1.165, 1.54) is 0 Å². The number of hydrogen-bond acceptors (Lipinski definition) is 4. The first-order valence-electron chi connectivity index (χ1n) is 9.93. The van der Waals surface area contributed by atoms with E-state index < -0.39 is 10.0 Å². The van der Waals surface area contributed by atoms with Gasteiger partial charge in [-0.2, -0.15) is 0 Å². The number of rotatable bonds is 4. The zero-order valence-electron chi connectivity index (χ0n) is 17.0. The predicted molar refractivity (Wildman–Crippen MR) is 113 cm³/mol. The van der Waals surface area contributed by atoms with Crippen molar-refractivity contribution in [2.45, 2.75) is 51.0 Å². The van der Waals surface area contributed by atoms with Crippen molar-refractivity contribution in [2.24, 2.45) is 0 Å². The van der Waals surface area contributed by atoms with Crippen LogP contribution in [0.15, 0.2) is 35.2 Å². The Bertz CT molecular complexity index is 1070. The largest absolute Gasteiger partial charge is 0.368 e. The molecule has 0 saturated carbocycles. The maximum absolute atomic E-state index is 12.9. The normalized spacial score (nSPS) is 18.7. The van der Waals surface area contributed by atoms with Gasteiger partial charge < -0.3 is 9.64 Å². The number of nitrogens with one attached hydrogen (secondary N) is 1. The van der Waals surface area contributed by atoms with Crippen LogP contribution in [0.1, 0.15) is 35.1 Å². The maximum atomic E-state index is 12.9. The van der Waals surface area contributed by atoms with E-state index in [0.29, 0.717) is 25.3 Å². The van der Waals surface area contributed by atoms with Crippen LogP contribution in [0.5, 0.6) is 0 Å². The quantitative estimate of drug-likeness (QED) is 0.831. The average Bonchev–Trinajstić information content (AvgIpc) is 3.33. The number of aryl methyl sites for hydroxylation is 3. The highest BCUT2D eigenvalue weighted by molar-refractivity contribution is 7.92. The first-order valence-corrected chi connectivity index (χ1v) is 11.4. The molecule has 2 aliphatic rings. The Balaban J connectivity index is 1.57. The Hall–Kier alpha value is -2.38. The van der Waals surface area contributed by atoms with Crippen LogP contribution >= 0.6 is 0 Å². The third-order valence-corrected chi connectivity index (χ3v) is 7.30. The van der Waals surface area contributed by atoms with Crippen molar-refractivity contribution in [3.63, 3.8) is 0 Å². The Labute approximate surface area is 171 Å². The summed E-state index contributed by atoms with van der Waals surface area (Å²) in [5, 5.41) is 0. The number of nitrogens with zero attached hydrogens (tertiary/aromatic N) is 1. The number of anilines is 2. The lowest BCUT2D eigenvalue weighted by Crippen LogP contribution is -2.37. The lowest BCUT2D eigenvalue weighted by molar-refractivity contribution is -0.127. The van der Waals surface area contributed by atoms with Crippen molar-refractivity contribution in [3.05, 3.63) is 52.6 Å². The van der Waals surface area contributed by atoms with Crippen molar-refractivity contribution in [1.29, 1.82) is 0 Å². The summed E-state index contributed by atoms with van der Waals surface area (Å²) in [7, 11) is -3.69. The lowest BCUT2D eigenvalue weighted by atomic mass is 10.1. The van der Waals surface area contributed by atoms with Crippen LogP contribution in [-0.2, 0) is 26.0 Å². The second-order valence-electron chi connectivity index (χ2n) is 7.89. The Kier molecular flexibility index (Phi) is 5.12. The second kappa shape index (κ2) is 7.46. The van der Waals surface area contributed by atoms with Gasteiger partial charge in [0.1, 0.15) is 6.10 Å². The van der Waals surface area contributed by atoms with Crippen molar-refractivity contribution < 1.29 is 17.9 Å². The summed E-state index contributed by atoms with van der Waals surface area (Å²) in [6, 6.07) is 8.96. The average molecular weight is 415 g/mol. The van der Waals surface area contributed by atoms with Gasteiger partial charge in [0, 0.05) is 24.5 Å². The van der Waals surface area contributed by atoms with E-state index >= 15 is 0 Å². The molecule has 2 aromatic carbocycles. The highest BCUT2D eigenvalue weighted by atomic mass is 32.2. The van der Waals surface area contributed by atoms with Gasteiger partial charge >= 0.3 is 0 Å². The van der Waals surface area contributed by atoms with Gasteiger partial charge in [-0.3, -0.25) is 9.52 Å². The topological polar surface area (TPSA) is 75.7 Å². The van der Waals surface area contributed by atoms with Crippen LogP contribution in [0, 0.1) is 20.8 Å². The molecule has 7 heteroatoms. The molecule has 0 aromatic heterocycles. The minimum atomic E-state index is -3.69. The summed E-state index contributed by atoms with van der Waals surface area (Å²) in [5.41, 5.74) is 5.04. The van der Waals surface area contributed by atoms with Gasteiger partial charge in [-0.25, -0.2) is 8.42 Å². The first-order chi connectivity index (χ1) is 13.8. The van der Waals surface area contributed by atoms with E-state index in [2.05, 4.69) is 4.72 Å². The number of fused-ring (bicyclic) bond motifs is 1. The molecule has 0 aliphatic carbocycles. The predicted octanol–water partition coefficient (Wildman–Crippen LogP) is 3.48. The molecule has 0 radical (unpaired) electrons. The van der Waals surface area contributed by atoms with Crippen LogP contribution in [0.4, 0.5) is 11.4 Å². The van der Waals surface area contributed by atoms with Gasteiger partial charge in [0.25, 0.3) is 15.9 Å². The SMILES string of the molecule is Cc1cc(C)c(S(=O)(=O)Nc2ccc3c(c2)CCN3C(=O)C2CCCO2)cc1C. The lowest BCUT2D eigenvalue weighted by Gasteiger charge is -2.21. The Morgan fingerprint density at radius 1 is 1.10 bits per heavy atom. The maximum Gasteiger partial charge on any atom is 0.262 e. The minimum absolute atomic E-state index is 0.000311. The number of carbonyl (C=O) groups excluding carboxylic acids is 1. The number of ether oxygens (including phenoxy) is 1. The fraction of sp³-hybridized carbons (Fsp3) is 0.409. The van der Waals surface area contributed by atoms with Gasteiger partial charge in [-0.15, -0.1) is 0 Å². The van der Waals surface area contributed by atoms with E-state index in [1.807, 2.05) is 32.0 Å². The molecule has 1 fully saturated rings. The van der Waals surface area contributed by atoms with Crippen molar-refractivity contribution in [1.82, 2.24) is 0 Å². The second-order valence-corrected chi connectivity index (χ2v) is 9.54. The van der Waals surface area contributed by atoms with Crippen LogP contribution in [0.25, 0.3) is 0 Å². The van der Waals surface area contributed by atoms with Crippen LogP contribution in [0.2, 0.25) is 0 Å². The zero-order valence-corrected chi connectivity index (χ0v) is 17.8. The molecule has 0 bridgehead atoms. The van der Waals surface area contributed by atoms with Crippen LogP contribution in [-0.4, -0.2) is 33.6 Å². The van der Waals surface area contributed by atoms with E-state index in [9.17, 15) is 13.2 Å². The number of hydrogen-bond donors (Lipinski definition) is 1. The summed E-state index contributed by atoms with van der Waals surface area (Å²) in [6.07, 6.45) is 2.02. The number of benzene rings is 2. The van der Waals surface area contributed by atoms with Crippen molar-refractivity contribution in [3.8, 4) is 0 Å². The molecule has 6 nitrogen and oxygen atoms in total. The van der Waals surface area contributed by atoms with E-state index in [0.717, 1.165) is 40.8 Å². The molecule has 4 rings (SSSR count). The molecular weight excluding hydrogens is 388 g/mol. The number of sulfonamides is 1. The molecule has 2 aromatic rings. The third kappa shape index (κ3) is 3.76. The monoisotopic (exact) mass is 414 g/mol. The molecule has 2 heterocycles. The smallest absolute Gasteiger partial charge is 0.262 e. The molecule has 1 N–H and O–H groups in total. The standard InChI is InChI=1S/C22H26N2O4S/c1-14-11-16(3)21(12-15(14)2)29(26,27)23-18-6-7-19-17(13-18)8-9-24(19)22(25)20-5-4-10-28-20/h6-7,11-13,20,23H,4-5,8-10H2,1-3H3. The van der Waals surface area contributed by atoms with Gasteiger partial charge in [0.05, 0.1) is 4.90 Å². The number of carbonyl (C=O) groups is 1. The molecule has 2 aliphatic heterocycles. The molecule has 1 saturated heterocycles. The van der Waals surface area contributed by atoms with E-state index in [1.54, 1.807) is 24.0 Å². The molecule has 29 heavy (non-hydrogen) atoms. The minimum Gasteiger partial charge on any atom is -0.368 e. The Morgan fingerprint density at radius 2 is 1.86 bits per heavy atom. The fourth-order valence-electron chi connectivity index (χ4n) is 4.07. The fourth-order valence-corrected chi connectivity index (χ4v) is 5.44. The molecule has 0 spiro atoms. The zero-order chi connectivity index (χ0) is 20.8. The number of amides is 1. The highest BCUT2D eigenvalue weighted by Gasteiger charge is 2.33.